The molecule has 2 saturated carbocycles. The number of rotatable bonds is 6. The zero-order chi connectivity index (χ0) is 16.8. The highest BCUT2D eigenvalue weighted by atomic mass is 32.1. The number of thiazole rings is 1. The van der Waals surface area contributed by atoms with Crippen LogP contribution in [0.5, 0.6) is 0 Å². The van der Waals surface area contributed by atoms with Gasteiger partial charge in [0.1, 0.15) is 0 Å². The Morgan fingerprint density at radius 1 is 1.32 bits per heavy atom. The van der Waals surface area contributed by atoms with Crippen molar-refractivity contribution in [2.24, 2.45) is 0 Å². The van der Waals surface area contributed by atoms with Gasteiger partial charge in [0.25, 0.3) is 11.7 Å². The molecule has 7 nitrogen and oxygen atoms in total. The van der Waals surface area contributed by atoms with Crippen LogP contribution < -0.4 is 5.32 Å². The van der Waals surface area contributed by atoms with Gasteiger partial charge >= 0.3 is 0 Å². The number of nitrogens with one attached hydrogen (secondary N) is 1. The quantitative estimate of drug-likeness (QED) is 0.853. The van der Waals surface area contributed by atoms with Crippen molar-refractivity contribution in [3.8, 4) is 0 Å². The van der Waals surface area contributed by atoms with Crippen molar-refractivity contribution < 1.29 is 9.32 Å². The van der Waals surface area contributed by atoms with Gasteiger partial charge < -0.3 is 9.84 Å². The molecule has 0 radical (unpaired) electrons. The average Bonchev–Trinajstić information content (AvgIpc) is 3.46. The number of nitrogens with zero attached hydrogens (tertiary/aromatic N) is 4. The van der Waals surface area contributed by atoms with Crippen molar-refractivity contribution in [3.05, 3.63) is 27.8 Å². The van der Waals surface area contributed by atoms with Crippen molar-refractivity contribution in [2.75, 3.05) is 6.54 Å². The molecule has 132 valence electrons. The number of hydrogen-bond acceptors (Lipinski definition) is 7. The van der Waals surface area contributed by atoms with E-state index in [0.29, 0.717) is 17.9 Å². The third-order valence-corrected chi connectivity index (χ3v) is 6.21. The van der Waals surface area contributed by atoms with Crippen LogP contribution in [0.25, 0.3) is 0 Å². The Morgan fingerprint density at radius 3 is 3.00 bits per heavy atom. The highest BCUT2D eigenvalue weighted by Gasteiger charge is 2.33. The van der Waals surface area contributed by atoms with Crippen LogP contribution in [0.1, 0.15) is 76.9 Å². The molecule has 1 N–H and O–H groups in total. The van der Waals surface area contributed by atoms with Crippen LogP contribution >= 0.6 is 11.3 Å². The normalized spacial score (nSPS) is 23.9. The number of hydrogen-bond donors (Lipinski definition) is 1. The minimum absolute atomic E-state index is 0.0986. The van der Waals surface area contributed by atoms with Crippen LogP contribution in [-0.4, -0.2) is 38.5 Å². The smallest absolute Gasteiger partial charge is 0.292 e. The summed E-state index contributed by atoms with van der Waals surface area (Å²) in [5, 5.41) is 8.06. The van der Waals surface area contributed by atoms with E-state index in [4.69, 9.17) is 4.52 Å². The van der Waals surface area contributed by atoms with E-state index in [-0.39, 0.29) is 17.8 Å². The van der Waals surface area contributed by atoms with Crippen LogP contribution in [0.3, 0.4) is 0 Å². The van der Waals surface area contributed by atoms with Crippen molar-refractivity contribution in [1.82, 2.24) is 25.3 Å². The highest BCUT2D eigenvalue weighted by Crippen LogP contribution is 2.42. The van der Waals surface area contributed by atoms with Crippen molar-refractivity contribution >= 4 is 17.2 Å². The molecule has 3 heterocycles. The van der Waals surface area contributed by atoms with Gasteiger partial charge in [-0.25, -0.2) is 4.98 Å². The number of aromatic nitrogens is 3. The zero-order valence-corrected chi connectivity index (χ0v) is 14.8. The minimum Gasteiger partial charge on any atom is -0.346 e. The monoisotopic (exact) mass is 359 g/mol. The molecule has 1 saturated heterocycles. The lowest BCUT2D eigenvalue weighted by molar-refractivity contribution is 0.0937. The lowest BCUT2D eigenvalue weighted by Crippen LogP contribution is -2.26. The molecule has 3 fully saturated rings. The number of likely N-dealkylation sites (tertiary alicyclic amines) is 1. The maximum atomic E-state index is 12.1. The van der Waals surface area contributed by atoms with E-state index < -0.39 is 0 Å². The summed E-state index contributed by atoms with van der Waals surface area (Å²) < 4.78 is 5.42. The maximum Gasteiger partial charge on any atom is 0.292 e. The summed E-state index contributed by atoms with van der Waals surface area (Å²) in [6.45, 7) is 1.87. The summed E-state index contributed by atoms with van der Waals surface area (Å²) in [6, 6.07) is 0.394. The van der Waals surface area contributed by atoms with E-state index in [1.54, 1.807) is 0 Å². The van der Waals surface area contributed by atoms with Gasteiger partial charge in [0.05, 0.1) is 11.0 Å². The lowest BCUT2D eigenvalue weighted by Gasteiger charge is -2.20. The first-order chi connectivity index (χ1) is 12.3. The summed E-state index contributed by atoms with van der Waals surface area (Å²) in [5.41, 5.74) is 0. The van der Waals surface area contributed by atoms with E-state index in [9.17, 15) is 4.79 Å². The first-order valence-electron chi connectivity index (χ1n) is 9.09. The third kappa shape index (κ3) is 3.32. The molecule has 5 rings (SSSR count). The number of carbonyl (C=O) groups is 1. The maximum absolute atomic E-state index is 12.1. The molecule has 0 aromatic carbocycles. The molecule has 2 aromatic heterocycles. The van der Waals surface area contributed by atoms with Crippen LogP contribution in [0.2, 0.25) is 0 Å². The Hall–Kier alpha value is -1.80. The van der Waals surface area contributed by atoms with Crippen LogP contribution in [0, 0.1) is 0 Å². The molecule has 2 aromatic rings. The van der Waals surface area contributed by atoms with Crippen molar-refractivity contribution in [1.29, 1.82) is 0 Å². The predicted molar refractivity (Wildman–Crippen MR) is 91.3 cm³/mol. The van der Waals surface area contributed by atoms with Crippen LogP contribution in [0.15, 0.2) is 10.7 Å². The summed E-state index contributed by atoms with van der Waals surface area (Å²) in [4.78, 5) is 24.6. The molecule has 1 unspecified atom stereocenters. The van der Waals surface area contributed by atoms with E-state index in [2.05, 4.69) is 25.3 Å². The molecule has 1 amide bonds. The van der Waals surface area contributed by atoms with Gasteiger partial charge in [-0.15, -0.1) is 11.3 Å². The van der Waals surface area contributed by atoms with E-state index in [1.165, 1.54) is 22.7 Å². The molecular formula is C17H21N5O2S. The second kappa shape index (κ2) is 6.17. The molecule has 3 aliphatic rings. The van der Waals surface area contributed by atoms with Gasteiger partial charge in [0.15, 0.2) is 0 Å². The Bertz CT molecular complexity index is 780. The fourth-order valence-electron chi connectivity index (χ4n) is 3.35. The highest BCUT2D eigenvalue weighted by molar-refractivity contribution is 7.11. The lowest BCUT2D eigenvalue weighted by atomic mass is 10.2. The second-order valence-electron chi connectivity index (χ2n) is 7.27. The molecule has 0 bridgehead atoms. The number of carbonyl (C=O) groups excluding carboxylic acids is 1. The van der Waals surface area contributed by atoms with Gasteiger partial charge in [0.2, 0.25) is 5.89 Å². The van der Waals surface area contributed by atoms with Crippen molar-refractivity contribution in [2.45, 2.75) is 63.1 Å². The van der Waals surface area contributed by atoms with E-state index >= 15 is 0 Å². The standard InChI is InChI=1S/C17H21N5O2S/c23-15(19-11-5-6-11)14-20-16(24-21-14)13-2-1-7-22(13)9-12-8-18-17(25-12)10-3-4-10/h8,10-11,13H,1-7,9H2,(H,19,23). The summed E-state index contributed by atoms with van der Waals surface area (Å²) in [7, 11) is 0. The molecule has 25 heavy (non-hydrogen) atoms. The topological polar surface area (TPSA) is 84.2 Å². The average molecular weight is 359 g/mol. The molecule has 8 heteroatoms. The fraction of sp³-hybridized carbons (Fsp3) is 0.647. The number of amides is 1. The van der Waals surface area contributed by atoms with E-state index in [1.807, 2.05) is 17.5 Å². The van der Waals surface area contributed by atoms with Gasteiger partial charge in [-0.1, -0.05) is 5.16 Å². The summed E-state index contributed by atoms with van der Waals surface area (Å²) in [5.74, 6) is 1.20. The second-order valence-corrected chi connectivity index (χ2v) is 8.42. The molecule has 2 aliphatic carbocycles. The minimum atomic E-state index is -0.224. The first-order valence-corrected chi connectivity index (χ1v) is 9.91. The zero-order valence-electron chi connectivity index (χ0n) is 14.0. The third-order valence-electron chi connectivity index (χ3n) is 5.06. The molecule has 1 aliphatic heterocycles. The molecular weight excluding hydrogens is 338 g/mol. The Morgan fingerprint density at radius 2 is 2.20 bits per heavy atom. The largest absolute Gasteiger partial charge is 0.346 e. The van der Waals surface area contributed by atoms with Crippen LogP contribution in [-0.2, 0) is 6.54 Å². The fourth-order valence-corrected chi connectivity index (χ4v) is 4.46. The Labute approximate surface area is 149 Å². The summed E-state index contributed by atoms with van der Waals surface area (Å²) >= 11 is 1.83. The van der Waals surface area contributed by atoms with Gasteiger partial charge in [-0.05, 0) is 45.1 Å². The summed E-state index contributed by atoms with van der Waals surface area (Å²) in [6.07, 6.45) is 8.76. The van der Waals surface area contributed by atoms with E-state index in [0.717, 1.165) is 38.8 Å². The van der Waals surface area contributed by atoms with Crippen molar-refractivity contribution in [3.63, 3.8) is 0 Å². The van der Waals surface area contributed by atoms with Gasteiger partial charge in [-0.2, -0.15) is 4.98 Å². The SMILES string of the molecule is O=C(NC1CC1)c1noc(C2CCCN2Cc2cnc(C3CC3)s2)n1. The Kier molecular flexibility index (Phi) is 3.82. The first kappa shape index (κ1) is 15.5. The predicted octanol–water partition coefficient (Wildman–Crippen LogP) is 2.63. The van der Waals surface area contributed by atoms with Crippen LogP contribution in [0.4, 0.5) is 0 Å². The van der Waals surface area contributed by atoms with Gasteiger partial charge in [0, 0.05) is 29.6 Å². The molecule has 1 atom stereocenters. The molecule has 0 spiro atoms. The van der Waals surface area contributed by atoms with Gasteiger partial charge in [-0.3, -0.25) is 9.69 Å². The Balaban J connectivity index is 1.27.